The molecule has 9 nitrogen and oxygen atoms in total. The monoisotopic (exact) mass is 433 g/mol. The summed E-state index contributed by atoms with van der Waals surface area (Å²) in [6.45, 7) is 11.1. The van der Waals surface area contributed by atoms with E-state index < -0.39 is 17.0 Å². The first kappa shape index (κ1) is 23.1. The molecular formula is C22H35N5O4. The molecule has 3 amide bonds. The highest BCUT2D eigenvalue weighted by Crippen LogP contribution is 2.38. The van der Waals surface area contributed by atoms with Gasteiger partial charge in [-0.3, -0.25) is 9.36 Å². The second-order valence-corrected chi connectivity index (χ2v) is 9.76. The minimum absolute atomic E-state index is 0.0469. The van der Waals surface area contributed by atoms with Crippen molar-refractivity contribution in [1.82, 2.24) is 24.7 Å². The van der Waals surface area contributed by atoms with Crippen LogP contribution in [0.1, 0.15) is 71.3 Å². The van der Waals surface area contributed by atoms with Gasteiger partial charge in [-0.25, -0.2) is 14.6 Å². The number of hydrogen-bond donors (Lipinski definition) is 2. The van der Waals surface area contributed by atoms with Crippen LogP contribution in [0.25, 0.3) is 0 Å². The molecular weight excluding hydrogens is 398 g/mol. The number of rotatable bonds is 6. The van der Waals surface area contributed by atoms with Crippen LogP contribution in [0.4, 0.5) is 9.59 Å². The maximum atomic E-state index is 13.7. The largest absolute Gasteiger partial charge is 0.465 e. The third-order valence-corrected chi connectivity index (χ3v) is 6.84. The van der Waals surface area contributed by atoms with E-state index in [-0.39, 0.29) is 18.0 Å². The molecule has 2 aliphatic rings. The molecule has 0 bridgehead atoms. The Kier molecular flexibility index (Phi) is 6.34. The smallest absolute Gasteiger partial charge is 0.405 e. The van der Waals surface area contributed by atoms with Gasteiger partial charge >= 0.3 is 12.1 Å². The van der Waals surface area contributed by atoms with Crippen LogP contribution >= 0.6 is 0 Å². The maximum Gasteiger partial charge on any atom is 0.405 e. The number of nitrogens with zero attached hydrogens (tertiary/aromatic N) is 4. The van der Waals surface area contributed by atoms with Crippen LogP contribution in [-0.4, -0.2) is 67.2 Å². The number of carboxylic acid groups (broad SMARTS) is 1. The first-order valence-electron chi connectivity index (χ1n) is 11.2. The average molecular weight is 434 g/mol. The van der Waals surface area contributed by atoms with Gasteiger partial charge in [0.1, 0.15) is 11.4 Å². The van der Waals surface area contributed by atoms with Crippen molar-refractivity contribution in [2.75, 3.05) is 13.1 Å². The predicted molar refractivity (Wildman–Crippen MR) is 116 cm³/mol. The number of piperidine rings is 1. The van der Waals surface area contributed by atoms with E-state index in [0.717, 1.165) is 18.5 Å². The maximum absolute atomic E-state index is 13.7. The molecule has 3 heterocycles. The number of aryl methyl sites for hydroxylation is 1. The Morgan fingerprint density at radius 1 is 1.26 bits per heavy atom. The summed E-state index contributed by atoms with van der Waals surface area (Å²) in [6, 6.07) is 0.0114. The van der Waals surface area contributed by atoms with Gasteiger partial charge in [-0.2, -0.15) is 0 Å². The topological polar surface area (TPSA) is 108 Å². The predicted octanol–water partition coefficient (Wildman–Crippen LogP) is 3.21. The molecule has 1 saturated heterocycles. The Balaban J connectivity index is 1.73. The quantitative estimate of drug-likeness (QED) is 0.716. The molecule has 3 rings (SSSR count). The van der Waals surface area contributed by atoms with Gasteiger partial charge in [-0.1, -0.05) is 40.5 Å². The molecule has 2 N–H and O–H groups in total. The molecule has 0 saturated carbocycles. The van der Waals surface area contributed by atoms with Gasteiger partial charge < -0.3 is 20.2 Å². The third-order valence-electron chi connectivity index (χ3n) is 6.84. The lowest BCUT2D eigenvalue weighted by Gasteiger charge is -2.47. The Morgan fingerprint density at radius 3 is 2.42 bits per heavy atom. The van der Waals surface area contributed by atoms with Crippen molar-refractivity contribution in [1.29, 1.82) is 0 Å². The van der Waals surface area contributed by atoms with E-state index in [4.69, 9.17) is 0 Å². The molecule has 1 atom stereocenters. The van der Waals surface area contributed by atoms with E-state index in [2.05, 4.69) is 10.3 Å². The summed E-state index contributed by atoms with van der Waals surface area (Å²) in [5, 5.41) is 12.1. The van der Waals surface area contributed by atoms with E-state index in [1.165, 1.54) is 0 Å². The van der Waals surface area contributed by atoms with Crippen LogP contribution in [0, 0.1) is 12.3 Å². The number of unbranched alkanes of at least 4 members (excludes halogenated alkanes) is 1. The lowest BCUT2D eigenvalue weighted by Crippen LogP contribution is -2.67. The van der Waals surface area contributed by atoms with Crippen molar-refractivity contribution in [2.45, 2.75) is 84.8 Å². The molecule has 0 radical (unpaired) electrons. The number of imidazole rings is 1. The Hall–Kier alpha value is -2.58. The molecule has 0 aromatic carbocycles. The highest BCUT2D eigenvalue weighted by atomic mass is 16.4. The van der Waals surface area contributed by atoms with Crippen LogP contribution in [0.15, 0.2) is 6.20 Å². The summed E-state index contributed by atoms with van der Waals surface area (Å²) in [5.74, 6) is 0.536. The number of likely N-dealkylation sites (tertiary alicyclic amines) is 1. The Bertz CT molecular complexity index is 851. The summed E-state index contributed by atoms with van der Waals surface area (Å²) in [4.78, 5) is 46.0. The van der Waals surface area contributed by atoms with Gasteiger partial charge in [0.15, 0.2) is 0 Å². The summed E-state index contributed by atoms with van der Waals surface area (Å²) in [6.07, 6.45) is 4.02. The van der Waals surface area contributed by atoms with Crippen molar-refractivity contribution < 1.29 is 19.5 Å². The van der Waals surface area contributed by atoms with Gasteiger partial charge in [-0.05, 0) is 31.6 Å². The molecule has 1 unspecified atom stereocenters. The van der Waals surface area contributed by atoms with Gasteiger partial charge in [0, 0.05) is 19.1 Å². The summed E-state index contributed by atoms with van der Waals surface area (Å²) in [7, 11) is 0. The molecule has 172 valence electrons. The van der Waals surface area contributed by atoms with Crippen LogP contribution < -0.4 is 5.32 Å². The van der Waals surface area contributed by atoms with Crippen molar-refractivity contribution in [2.24, 2.45) is 5.41 Å². The minimum atomic E-state index is -1.18. The third kappa shape index (κ3) is 4.14. The highest BCUT2D eigenvalue weighted by Gasteiger charge is 2.51. The number of aromatic nitrogens is 2. The summed E-state index contributed by atoms with van der Waals surface area (Å²) < 4.78 is 1.66. The lowest BCUT2D eigenvalue weighted by atomic mass is 9.69. The van der Waals surface area contributed by atoms with Crippen LogP contribution in [0.2, 0.25) is 0 Å². The van der Waals surface area contributed by atoms with Crippen LogP contribution in [0.3, 0.4) is 0 Å². The fourth-order valence-corrected chi connectivity index (χ4v) is 4.90. The normalized spacial score (nSPS) is 19.3. The first-order chi connectivity index (χ1) is 14.5. The van der Waals surface area contributed by atoms with Crippen LogP contribution in [-0.2, 0) is 11.3 Å². The molecule has 1 fully saturated rings. The molecule has 9 heteroatoms. The summed E-state index contributed by atoms with van der Waals surface area (Å²) in [5.41, 5.74) is -0.849. The molecule has 1 aromatic rings. The van der Waals surface area contributed by atoms with Gasteiger partial charge in [-0.15, -0.1) is 0 Å². The van der Waals surface area contributed by atoms with E-state index in [0.29, 0.717) is 44.7 Å². The van der Waals surface area contributed by atoms with Crippen molar-refractivity contribution >= 4 is 18.0 Å². The zero-order valence-corrected chi connectivity index (χ0v) is 19.3. The molecule has 2 aliphatic heterocycles. The molecule has 0 aliphatic carbocycles. The fourth-order valence-electron chi connectivity index (χ4n) is 4.90. The van der Waals surface area contributed by atoms with Gasteiger partial charge in [0.2, 0.25) is 5.91 Å². The number of amides is 3. The molecule has 31 heavy (non-hydrogen) atoms. The SMILES string of the molecule is CCCCC(NC(=O)O)(C(=O)N1CCC(N2Cc3cnc(C)n3C2=O)CC1)C(C)(C)C. The standard InChI is InChI=1S/C22H35N5O4/c1-6-7-10-22(21(3,4)5,24-19(29)30)18(28)25-11-8-16(9-12-25)26-14-17-13-23-15(2)27(17)20(26)31/h13,16,24H,6-12,14H2,1-5H3,(H,29,30). The lowest BCUT2D eigenvalue weighted by molar-refractivity contribution is -0.145. The fraction of sp³-hybridized carbons (Fsp3) is 0.727. The second-order valence-electron chi connectivity index (χ2n) is 9.76. The van der Waals surface area contributed by atoms with Crippen molar-refractivity contribution in [3.8, 4) is 0 Å². The summed E-state index contributed by atoms with van der Waals surface area (Å²) >= 11 is 0. The molecule has 1 aromatic heterocycles. The van der Waals surface area contributed by atoms with E-state index in [1.807, 2.05) is 39.5 Å². The zero-order chi connectivity index (χ0) is 23.0. The number of carbonyl (C=O) groups excluding carboxylic acids is 2. The minimum Gasteiger partial charge on any atom is -0.465 e. The Labute approximate surface area is 183 Å². The molecule has 0 spiro atoms. The van der Waals surface area contributed by atoms with Crippen molar-refractivity contribution in [3.05, 3.63) is 17.7 Å². The van der Waals surface area contributed by atoms with E-state index in [9.17, 15) is 19.5 Å². The van der Waals surface area contributed by atoms with Gasteiger partial charge in [0.05, 0.1) is 18.4 Å². The van der Waals surface area contributed by atoms with Gasteiger partial charge in [0.25, 0.3) is 0 Å². The van der Waals surface area contributed by atoms with E-state index in [1.54, 1.807) is 15.7 Å². The Morgan fingerprint density at radius 2 is 1.90 bits per heavy atom. The number of nitrogens with one attached hydrogen (secondary N) is 1. The second kappa shape index (κ2) is 8.51. The number of carbonyl (C=O) groups is 3. The zero-order valence-electron chi connectivity index (χ0n) is 19.3. The highest BCUT2D eigenvalue weighted by molar-refractivity contribution is 5.91. The number of hydrogen-bond acceptors (Lipinski definition) is 4. The average Bonchev–Trinajstić information content (AvgIpc) is 3.23. The van der Waals surface area contributed by atoms with Crippen LogP contribution in [0.5, 0.6) is 0 Å². The van der Waals surface area contributed by atoms with Crippen molar-refractivity contribution in [3.63, 3.8) is 0 Å². The number of fused-ring (bicyclic) bond motifs is 1. The first-order valence-corrected chi connectivity index (χ1v) is 11.2. The van der Waals surface area contributed by atoms with E-state index >= 15 is 0 Å².